The van der Waals surface area contributed by atoms with Gasteiger partial charge in [-0.3, -0.25) is 0 Å². The molecule has 0 heterocycles. The molecule has 0 aromatic carbocycles. The Balaban J connectivity index is 1.66. The topological polar surface area (TPSA) is 0 Å². The minimum atomic E-state index is 0.855. The molecule has 0 heteroatoms. The van der Waals surface area contributed by atoms with Crippen molar-refractivity contribution in [2.24, 2.45) is 10.8 Å². The molecule has 0 aliphatic heterocycles. The molecule has 80 valence electrons. The first kappa shape index (κ1) is 9.24. The molecule has 14 heavy (non-hydrogen) atoms. The second-order valence-electron chi connectivity index (χ2n) is 6.41. The lowest BCUT2D eigenvalue weighted by molar-refractivity contribution is 0.0850. The predicted molar refractivity (Wildman–Crippen MR) is 60.3 cm³/mol. The van der Waals surface area contributed by atoms with Crippen molar-refractivity contribution < 1.29 is 0 Å². The molecule has 3 saturated carbocycles. The Morgan fingerprint density at radius 2 is 0.643 bits per heavy atom. The van der Waals surface area contributed by atoms with E-state index in [1.807, 2.05) is 0 Å². The highest BCUT2D eigenvalue weighted by Gasteiger charge is 2.44. The molecule has 0 saturated heterocycles. The van der Waals surface area contributed by atoms with E-state index < -0.39 is 0 Å². The Morgan fingerprint density at radius 3 is 0.929 bits per heavy atom. The van der Waals surface area contributed by atoms with Crippen LogP contribution in [0.5, 0.6) is 0 Å². The standard InChI is InChI=1S/C14H24/c1-2-6-13(5-1)9-11-14(12-10-13)7-3-4-8-14/h1-12H2. The van der Waals surface area contributed by atoms with E-state index in [4.69, 9.17) is 0 Å². The first-order chi connectivity index (χ1) is 6.83. The number of hydrogen-bond donors (Lipinski definition) is 0. The average Bonchev–Trinajstić information content (AvgIpc) is 2.81. The maximum absolute atomic E-state index is 1.59. The molecule has 0 aromatic rings. The Labute approximate surface area is 88.5 Å². The SMILES string of the molecule is C1CCC2(C1)CCC1(CCCC1)CC2. The first-order valence-electron chi connectivity index (χ1n) is 6.83. The fraction of sp³-hybridized carbons (Fsp3) is 1.00. The summed E-state index contributed by atoms with van der Waals surface area (Å²) >= 11 is 0. The summed E-state index contributed by atoms with van der Waals surface area (Å²) in [7, 11) is 0. The summed E-state index contributed by atoms with van der Waals surface area (Å²) in [5, 5.41) is 0. The van der Waals surface area contributed by atoms with E-state index >= 15 is 0 Å². The predicted octanol–water partition coefficient (Wildman–Crippen LogP) is 4.68. The molecule has 3 rings (SSSR count). The van der Waals surface area contributed by atoms with Gasteiger partial charge in [0.1, 0.15) is 0 Å². The lowest BCUT2D eigenvalue weighted by Crippen LogP contribution is -2.30. The van der Waals surface area contributed by atoms with Crippen molar-refractivity contribution in [3.05, 3.63) is 0 Å². The number of rotatable bonds is 0. The highest BCUT2D eigenvalue weighted by molar-refractivity contribution is 4.96. The van der Waals surface area contributed by atoms with E-state index in [9.17, 15) is 0 Å². The van der Waals surface area contributed by atoms with Gasteiger partial charge in [0, 0.05) is 0 Å². The molecule has 3 fully saturated rings. The molecule has 0 N–H and O–H groups in total. The van der Waals surface area contributed by atoms with E-state index in [0.717, 1.165) is 10.8 Å². The van der Waals surface area contributed by atoms with Crippen LogP contribution in [-0.2, 0) is 0 Å². The van der Waals surface area contributed by atoms with Gasteiger partial charge in [0.2, 0.25) is 0 Å². The van der Waals surface area contributed by atoms with Gasteiger partial charge in [-0.15, -0.1) is 0 Å². The minimum Gasteiger partial charge on any atom is -0.0528 e. The van der Waals surface area contributed by atoms with Crippen molar-refractivity contribution in [2.75, 3.05) is 0 Å². The van der Waals surface area contributed by atoms with Crippen molar-refractivity contribution in [3.63, 3.8) is 0 Å². The van der Waals surface area contributed by atoms with Crippen LogP contribution in [0, 0.1) is 10.8 Å². The second kappa shape index (κ2) is 3.25. The summed E-state index contributed by atoms with van der Waals surface area (Å²) in [5.74, 6) is 0. The molecule has 0 unspecified atom stereocenters. The van der Waals surface area contributed by atoms with Crippen LogP contribution in [0.15, 0.2) is 0 Å². The molecule has 0 amide bonds. The van der Waals surface area contributed by atoms with E-state index in [1.54, 1.807) is 51.4 Å². The molecule has 0 radical (unpaired) electrons. The fourth-order valence-corrected chi connectivity index (χ4v) is 4.56. The normalized spacial score (nSPS) is 34.3. The van der Waals surface area contributed by atoms with E-state index in [1.165, 1.54) is 25.7 Å². The lowest BCUT2D eigenvalue weighted by atomic mass is 9.62. The van der Waals surface area contributed by atoms with Gasteiger partial charge in [-0.05, 0) is 62.2 Å². The third-order valence-electron chi connectivity index (χ3n) is 5.70. The van der Waals surface area contributed by atoms with Gasteiger partial charge in [-0.25, -0.2) is 0 Å². The van der Waals surface area contributed by atoms with Gasteiger partial charge < -0.3 is 0 Å². The first-order valence-corrected chi connectivity index (χ1v) is 6.83. The Hall–Kier alpha value is 0. The lowest BCUT2D eigenvalue weighted by Gasteiger charge is -2.43. The summed E-state index contributed by atoms with van der Waals surface area (Å²) in [6.07, 6.45) is 18.8. The second-order valence-corrected chi connectivity index (χ2v) is 6.41. The average molecular weight is 192 g/mol. The van der Waals surface area contributed by atoms with Crippen LogP contribution >= 0.6 is 0 Å². The monoisotopic (exact) mass is 192 g/mol. The zero-order valence-electron chi connectivity index (χ0n) is 9.49. The maximum atomic E-state index is 1.59. The van der Waals surface area contributed by atoms with Gasteiger partial charge in [0.25, 0.3) is 0 Å². The van der Waals surface area contributed by atoms with E-state index in [-0.39, 0.29) is 0 Å². The maximum Gasteiger partial charge on any atom is -0.0297 e. The van der Waals surface area contributed by atoms with Crippen molar-refractivity contribution in [2.45, 2.75) is 77.0 Å². The van der Waals surface area contributed by atoms with Crippen LogP contribution in [-0.4, -0.2) is 0 Å². The van der Waals surface area contributed by atoms with Crippen LogP contribution < -0.4 is 0 Å². The van der Waals surface area contributed by atoms with Crippen molar-refractivity contribution >= 4 is 0 Å². The third-order valence-corrected chi connectivity index (χ3v) is 5.70. The van der Waals surface area contributed by atoms with Crippen LogP contribution in [0.25, 0.3) is 0 Å². The highest BCUT2D eigenvalue weighted by atomic mass is 14.5. The smallest absolute Gasteiger partial charge is 0.0297 e. The molecule has 0 nitrogen and oxygen atoms in total. The Bertz CT molecular complexity index is 168. The summed E-state index contributed by atoms with van der Waals surface area (Å²) < 4.78 is 0. The summed E-state index contributed by atoms with van der Waals surface area (Å²) in [4.78, 5) is 0. The van der Waals surface area contributed by atoms with Crippen LogP contribution in [0.2, 0.25) is 0 Å². The highest BCUT2D eigenvalue weighted by Crippen LogP contribution is 2.58. The van der Waals surface area contributed by atoms with Crippen LogP contribution in [0.3, 0.4) is 0 Å². The largest absolute Gasteiger partial charge is 0.0528 e. The molecule has 0 bridgehead atoms. The zero-order chi connectivity index (χ0) is 9.49. The Morgan fingerprint density at radius 1 is 0.357 bits per heavy atom. The number of hydrogen-bond acceptors (Lipinski definition) is 0. The molecular formula is C14H24. The molecule has 0 atom stereocenters. The summed E-state index contributed by atoms with van der Waals surface area (Å²) in [6.45, 7) is 0. The molecular weight excluding hydrogens is 168 g/mol. The van der Waals surface area contributed by atoms with Gasteiger partial charge in [-0.1, -0.05) is 25.7 Å². The van der Waals surface area contributed by atoms with Gasteiger partial charge in [0.05, 0.1) is 0 Å². The van der Waals surface area contributed by atoms with Crippen molar-refractivity contribution in [1.29, 1.82) is 0 Å². The molecule has 3 aliphatic rings. The summed E-state index contributed by atoms with van der Waals surface area (Å²) in [6, 6.07) is 0. The molecule has 3 aliphatic carbocycles. The van der Waals surface area contributed by atoms with Crippen molar-refractivity contribution in [3.8, 4) is 0 Å². The van der Waals surface area contributed by atoms with Gasteiger partial charge >= 0.3 is 0 Å². The van der Waals surface area contributed by atoms with Crippen molar-refractivity contribution in [1.82, 2.24) is 0 Å². The van der Waals surface area contributed by atoms with E-state index in [2.05, 4.69) is 0 Å². The quantitative estimate of drug-likeness (QED) is 0.522. The minimum absolute atomic E-state index is 0.855. The third kappa shape index (κ3) is 1.42. The Kier molecular flexibility index (Phi) is 2.15. The van der Waals surface area contributed by atoms with Gasteiger partial charge in [0.15, 0.2) is 0 Å². The van der Waals surface area contributed by atoms with Crippen LogP contribution in [0.4, 0.5) is 0 Å². The van der Waals surface area contributed by atoms with Gasteiger partial charge in [-0.2, -0.15) is 0 Å². The fourth-order valence-electron chi connectivity index (χ4n) is 4.56. The molecule has 2 spiro atoms. The van der Waals surface area contributed by atoms with E-state index in [0.29, 0.717) is 0 Å². The molecule has 0 aromatic heterocycles. The summed E-state index contributed by atoms with van der Waals surface area (Å²) in [5.41, 5.74) is 1.71. The van der Waals surface area contributed by atoms with Crippen LogP contribution in [0.1, 0.15) is 77.0 Å². The zero-order valence-corrected chi connectivity index (χ0v) is 9.49.